The van der Waals surface area contributed by atoms with E-state index in [4.69, 9.17) is 14.2 Å². The Bertz CT molecular complexity index is 766. The Balaban J connectivity index is 2.14. The second-order valence-electron chi connectivity index (χ2n) is 5.28. The van der Waals surface area contributed by atoms with Gasteiger partial charge < -0.3 is 14.2 Å². The normalized spacial score (nSPS) is 11.8. The van der Waals surface area contributed by atoms with Crippen molar-refractivity contribution < 1.29 is 19.0 Å². The molecule has 7 heteroatoms. The van der Waals surface area contributed by atoms with Crippen LogP contribution in [0.15, 0.2) is 52.0 Å². The number of carbonyl (C=O) groups excluding carboxylic acids is 1. The third-order valence-electron chi connectivity index (χ3n) is 3.35. The second-order valence-corrected chi connectivity index (χ2v) is 6.14. The highest BCUT2D eigenvalue weighted by Gasteiger charge is 2.20. The van der Waals surface area contributed by atoms with Gasteiger partial charge in [0.1, 0.15) is 0 Å². The molecular weight excluding hydrogens is 400 g/mol. The summed E-state index contributed by atoms with van der Waals surface area (Å²) < 4.78 is 16.7. The number of nitrogens with one attached hydrogen (secondary N) is 1. The Labute approximate surface area is 161 Å². The molecule has 2 aromatic rings. The molecule has 1 atom stereocenters. The van der Waals surface area contributed by atoms with Crippen LogP contribution in [0.1, 0.15) is 19.4 Å². The van der Waals surface area contributed by atoms with E-state index in [1.165, 1.54) is 7.11 Å². The van der Waals surface area contributed by atoms with Crippen LogP contribution in [0.25, 0.3) is 0 Å². The number of benzene rings is 2. The Morgan fingerprint density at radius 2 is 2.04 bits per heavy atom. The van der Waals surface area contributed by atoms with Crippen molar-refractivity contribution in [1.82, 2.24) is 0 Å². The van der Waals surface area contributed by atoms with E-state index in [0.29, 0.717) is 22.6 Å². The van der Waals surface area contributed by atoms with Crippen LogP contribution >= 0.6 is 15.9 Å². The van der Waals surface area contributed by atoms with E-state index in [1.807, 2.05) is 36.4 Å². The highest BCUT2D eigenvalue weighted by Crippen LogP contribution is 2.37. The lowest BCUT2D eigenvalue weighted by Gasteiger charge is -2.17. The molecule has 2 aromatic carbocycles. The molecule has 0 amide bonds. The number of nitrogens with zero attached hydrogens (tertiary/aromatic N) is 1. The molecule has 0 aliphatic rings. The molecule has 138 valence electrons. The number of hydrogen-bond acceptors (Lipinski definition) is 6. The predicted octanol–water partition coefficient (Wildman–Crippen LogP) is 4.23. The van der Waals surface area contributed by atoms with Gasteiger partial charge in [0.15, 0.2) is 17.6 Å². The van der Waals surface area contributed by atoms with Gasteiger partial charge in [0.05, 0.1) is 30.1 Å². The van der Waals surface area contributed by atoms with Gasteiger partial charge in [-0.1, -0.05) is 18.2 Å². The van der Waals surface area contributed by atoms with E-state index >= 15 is 0 Å². The van der Waals surface area contributed by atoms with Crippen LogP contribution in [0.5, 0.6) is 11.5 Å². The summed E-state index contributed by atoms with van der Waals surface area (Å²) in [6.45, 7) is 3.68. The Hall–Kier alpha value is -2.54. The Morgan fingerprint density at radius 1 is 1.31 bits per heavy atom. The first-order chi connectivity index (χ1) is 12.5. The molecule has 6 nitrogen and oxygen atoms in total. The Morgan fingerprint density at radius 3 is 2.69 bits per heavy atom. The van der Waals surface area contributed by atoms with Crippen molar-refractivity contribution in [1.29, 1.82) is 0 Å². The summed E-state index contributed by atoms with van der Waals surface area (Å²) in [5, 5.41) is 4.21. The number of halogens is 1. The zero-order valence-corrected chi connectivity index (χ0v) is 16.4. The lowest BCUT2D eigenvalue weighted by atomic mass is 10.2. The van der Waals surface area contributed by atoms with Crippen LogP contribution in [0, 0.1) is 0 Å². The van der Waals surface area contributed by atoms with Gasteiger partial charge >= 0.3 is 5.97 Å². The maximum Gasteiger partial charge on any atom is 0.347 e. The summed E-state index contributed by atoms with van der Waals surface area (Å²) in [5.74, 6) is 0.483. The number of rotatable bonds is 8. The molecule has 0 radical (unpaired) electrons. The molecule has 0 aliphatic heterocycles. The van der Waals surface area contributed by atoms with Gasteiger partial charge in [-0.2, -0.15) is 5.10 Å². The number of carbonyl (C=O) groups is 1. The average molecular weight is 421 g/mol. The predicted molar refractivity (Wildman–Crippen MR) is 105 cm³/mol. The minimum Gasteiger partial charge on any atom is -0.493 e. The topological polar surface area (TPSA) is 69.2 Å². The van der Waals surface area contributed by atoms with E-state index in [1.54, 1.807) is 26.1 Å². The summed E-state index contributed by atoms with van der Waals surface area (Å²) in [6.07, 6.45) is 0.915. The maximum absolute atomic E-state index is 11.8. The van der Waals surface area contributed by atoms with Crippen molar-refractivity contribution in [2.45, 2.75) is 20.0 Å². The molecule has 0 saturated carbocycles. The van der Waals surface area contributed by atoms with Gasteiger partial charge in [-0.25, -0.2) is 4.79 Å². The van der Waals surface area contributed by atoms with Crippen molar-refractivity contribution in [3.05, 3.63) is 52.5 Å². The molecule has 0 bridgehead atoms. The molecule has 1 unspecified atom stereocenters. The van der Waals surface area contributed by atoms with E-state index in [0.717, 1.165) is 11.3 Å². The summed E-state index contributed by atoms with van der Waals surface area (Å²) in [6, 6.07) is 13.2. The smallest absolute Gasteiger partial charge is 0.347 e. The molecule has 0 spiro atoms. The van der Waals surface area contributed by atoms with Gasteiger partial charge in [-0.15, -0.1) is 0 Å². The van der Waals surface area contributed by atoms with Gasteiger partial charge in [0.25, 0.3) is 0 Å². The van der Waals surface area contributed by atoms with Crippen LogP contribution < -0.4 is 14.9 Å². The summed E-state index contributed by atoms with van der Waals surface area (Å²) in [4.78, 5) is 11.8. The highest BCUT2D eigenvalue weighted by atomic mass is 79.9. The Kier molecular flexibility index (Phi) is 7.47. The number of anilines is 1. The first-order valence-electron chi connectivity index (χ1n) is 8.10. The molecule has 0 aromatic heterocycles. The maximum atomic E-state index is 11.8. The molecule has 26 heavy (non-hydrogen) atoms. The lowest BCUT2D eigenvalue weighted by Crippen LogP contribution is -2.26. The summed E-state index contributed by atoms with van der Waals surface area (Å²) in [7, 11) is 1.53. The van der Waals surface area contributed by atoms with Crippen LogP contribution in [0.4, 0.5) is 5.69 Å². The number of hydrazone groups is 1. The monoisotopic (exact) mass is 420 g/mol. The minimum absolute atomic E-state index is 0.300. The van der Waals surface area contributed by atoms with Crippen molar-refractivity contribution in [3.8, 4) is 11.5 Å². The van der Waals surface area contributed by atoms with Gasteiger partial charge in [-0.05, 0) is 59.6 Å². The minimum atomic E-state index is -0.751. The van der Waals surface area contributed by atoms with Crippen molar-refractivity contribution in [2.24, 2.45) is 5.10 Å². The number of para-hydroxylation sites is 1. The third kappa shape index (κ3) is 5.49. The van der Waals surface area contributed by atoms with E-state index in [9.17, 15) is 4.79 Å². The zero-order valence-electron chi connectivity index (χ0n) is 14.9. The summed E-state index contributed by atoms with van der Waals surface area (Å²) >= 11 is 3.45. The van der Waals surface area contributed by atoms with Crippen LogP contribution in [-0.4, -0.2) is 32.0 Å². The van der Waals surface area contributed by atoms with Crippen molar-refractivity contribution in [2.75, 3.05) is 19.1 Å². The number of esters is 1. The van der Waals surface area contributed by atoms with Crippen LogP contribution in [-0.2, 0) is 9.53 Å². The second kappa shape index (κ2) is 9.82. The fraction of sp³-hybridized carbons (Fsp3) is 0.263. The van der Waals surface area contributed by atoms with Gasteiger partial charge in [0, 0.05) is 0 Å². The number of ether oxygens (including phenoxy) is 3. The molecule has 0 fully saturated rings. The molecule has 0 aliphatic carbocycles. The molecule has 1 N–H and O–H groups in total. The SMILES string of the molecule is CCOC(=O)C(C)Oc1c(Br)cc(C=NNc2ccccc2)cc1OC. The number of hydrogen-bond donors (Lipinski definition) is 1. The average Bonchev–Trinajstić information content (AvgIpc) is 2.64. The van der Waals surface area contributed by atoms with Gasteiger partial charge in [0.2, 0.25) is 0 Å². The molecular formula is C19H21BrN2O4. The van der Waals surface area contributed by atoms with Crippen molar-refractivity contribution >= 4 is 33.8 Å². The quantitative estimate of drug-likeness (QED) is 0.393. The highest BCUT2D eigenvalue weighted by molar-refractivity contribution is 9.10. The van der Waals surface area contributed by atoms with E-state index in [2.05, 4.69) is 26.5 Å². The van der Waals surface area contributed by atoms with E-state index < -0.39 is 12.1 Å². The first kappa shape index (κ1) is 19.8. The molecule has 2 rings (SSSR count). The number of methoxy groups -OCH3 is 1. The summed E-state index contributed by atoms with van der Waals surface area (Å²) in [5.41, 5.74) is 4.63. The fourth-order valence-electron chi connectivity index (χ4n) is 2.11. The van der Waals surface area contributed by atoms with Crippen LogP contribution in [0.2, 0.25) is 0 Å². The third-order valence-corrected chi connectivity index (χ3v) is 3.94. The first-order valence-corrected chi connectivity index (χ1v) is 8.89. The standard InChI is InChI=1S/C19H21BrN2O4/c1-4-25-19(23)13(2)26-18-16(20)10-14(11-17(18)24-3)12-21-22-15-8-6-5-7-9-15/h5-13,22H,4H2,1-3H3. The van der Waals surface area contributed by atoms with Crippen molar-refractivity contribution in [3.63, 3.8) is 0 Å². The van der Waals surface area contributed by atoms with Gasteiger partial charge in [-0.3, -0.25) is 5.43 Å². The zero-order chi connectivity index (χ0) is 18.9. The van der Waals surface area contributed by atoms with Crippen LogP contribution in [0.3, 0.4) is 0 Å². The largest absolute Gasteiger partial charge is 0.493 e. The fourth-order valence-corrected chi connectivity index (χ4v) is 2.66. The van der Waals surface area contributed by atoms with E-state index in [-0.39, 0.29) is 0 Å². The lowest BCUT2D eigenvalue weighted by molar-refractivity contribution is -0.150. The molecule has 0 saturated heterocycles. The molecule has 0 heterocycles.